The van der Waals surface area contributed by atoms with Crippen LogP contribution in [-0.4, -0.2) is 74.3 Å². The molecule has 0 aromatic rings. The summed E-state index contributed by atoms with van der Waals surface area (Å²) in [6.07, 6.45) is 77.0. The molecule has 9 nitrogen and oxygen atoms in total. The Balaban J connectivity index is 5.27. The molecule has 10 heteroatoms. The minimum atomic E-state index is -4.47. The number of likely N-dealkylation sites (N-methyl/N-ethyl adjacent to an activating group) is 1. The fourth-order valence-corrected chi connectivity index (χ4v) is 9.50. The number of nitrogens with zero attached hydrogens (tertiary/aromatic N) is 1. The Bertz CT molecular complexity index is 1660. The molecule has 1 amide bonds. The average Bonchev–Trinajstić information content (AvgIpc) is 3.40. The van der Waals surface area contributed by atoms with Gasteiger partial charge in [0.25, 0.3) is 0 Å². The summed E-state index contributed by atoms with van der Waals surface area (Å²) in [5.74, 6) is -0.576. The van der Waals surface area contributed by atoms with Gasteiger partial charge in [-0.3, -0.25) is 18.6 Å². The molecule has 2 N–H and O–H groups in total. The number of hydrogen-bond acceptors (Lipinski definition) is 6. The van der Waals surface area contributed by atoms with Crippen LogP contribution >= 0.6 is 7.82 Å². The highest BCUT2D eigenvalue weighted by atomic mass is 31.2. The lowest BCUT2D eigenvalue weighted by atomic mass is 10.0. The van der Waals surface area contributed by atoms with E-state index in [9.17, 15) is 19.0 Å². The third-order valence-electron chi connectivity index (χ3n) is 13.7. The lowest BCUT2D eigenvalue weighted by Crippen LogP contribution is -2.47. The van der Waals surface area contributed by atoms with Crippen LogP contribution in [0.4, 0.5) is 0 Å². The topological polar surface area (TPSA) is 111 Å². The highest BCUT2D eigenvalue weighted by molar-refractivity contribution is 7.47. The maximum Gasteiger partial charge on any atom is 0.472 e. The van der Waals surface area contributed by atoms with Crippen LogP contribution < -0.4 is 5.32 Å². The summed E-state index contributed by atoms with van der Waals surface area (Å²) in [4.78, 5) is 37.7. The van der Waals surface area contributed by atoms with Crippen LogP contribution in [0.15, 0.2) is 97.2 Å². The molecule has 0 bridgehead atoms. The van der Waals surface area contributed by atoms with Crippen LogP contribution in [0, 0.1) is 0 Å². The zero-order valence-corrected chi connectivity index (χ0v) is 52.3. The Labute approximate surface area is 481 Å². The Kier molecular flexibility index (Phi) is 54.9. The number of esters is 1. The molecular formula is C68H122N2O7P+. The number of unbranched alkanes of at least 4 members (excludes halogenated alkanes) is 27. The molecule has 450 valence electrons. The first kappa shape index (κ1) is 74.9. The fourth-order valence-electron chi connectivity index (χ4n) is 8.76. The maximum absolute atomic E-state index is 13.5. The molecule has 0 aliphatic rings. The summed E-state index contributed by atoms with van der Waals surface area (Å²) in [5.41, 5.74) is 0. The molecule has 78 heavy (non-hydrogen) atoms. The molecule has 0 aliphatic heterocycles. The third kappa shape index (κ3) is 57.6. The third-order valence-corrected chi connectivity index (χ3v) is 14.7. The number of ether oxygens (including phenoxy) is 1. The van der Waals surface area contributed by atoms with Crippen molar-refractivity contribution in [2.45, 2.75) is 283 Å². The molecule has 0 aromatic heterocycles. The molecule has 0 fully saturated rings. The molecule has 0 saturated heterocycles. The van der Waals surface area contributed by atoms with Gasteiger partial charge in [0.1, 0.15) is 19.3 Å². The number of phosphoric acid groups is 1. The first-order valence-electron chi connectivity index (χ1n) is 32.1. The van der Waals surface area contributed by atoms with Gasteiger partial charge in [-0.05, 0) is 109 Å². The Morgan fingerprint density at radius 3 is 1.22 bits per heavy atom. The van der Waals surface area contributed by atoms with Crippen LogP contribution in [0.3, 0.4) is 0 Å². The number of quaternary nitrogens is 1. The summed E-state index contributed by atoms with van der Waals surface area (Å²) in [7, 11) is 1.45. The van der Waals surface area contributed by atoms with Gasteiger partial charge < -0.3 is 19.4 Å². The first-order chi connectivity index (χ1) is 37.9. The number of hydrogen-bond donors (Lipinski definition) is 2. The predicted octanol–water partition coefficient (Wildman–Crippen LogP) is 19.9. The summed E-state index contributed by atoms with van der Waals surface area (Å²) >= 11 is 0. The van der Waals surface area contributed by atoms with Gasteiger partial charge in [0.2, 0.25) is 5.91 Å². The van der Waals surface area contributed by atoms with E-state index in [2.05, 4.69) is 111 Å². The SMILES string of the molecule is CCCCC/C=C\C/C=C\C/C=C\C/C=C\CCCC(=O)NC(COP(=O)(O)OCC[N+](C)(C)C)C(/C=C\CCCCCCCCCCCC)OC(=O)CCCCCCCCCCCC/C=C\C/C=C\C/C=C\CCCCC. The highest BCUT2D eigenvalue weighted by Gasteiger charge is 2.30. The summed E-state index contributed by atoms with van der Waals surface area (Å²) in [5, 5.41) is 3.02. The van der Waals surface area contributed by atoms with E-state index >= 15 is 0 Å². The van der Waals surface area contributed by atoms with Gasteiger partial charge in [0.05, 0.1) is 33.8 Å². The quantitative estimate of drug-likeness (QED) is 0.0205. The molecule has 0 saturated carbocycles. The minimum Gasteiger partial charge on any atom is -0.456 e. The molecule has 0 aliphatic carbocycles. The van der Waals surface area contributed by atoms with Gasteiger partial charge in [-0.25, -0.2) is 4.57 Å². The van der Waals surface area contributed by atoms with Crippen molar-refractivity contribution in [2.75, 3.05) is 40.9 Å². The second-order valence-corrected chi connectivity index (χ2v) is 24.0. The van der Waals surface area contributed by atoms with Crippen molar-refractivity contribution in [2.24, 2.45) is 0 Å². The van der Waals surface area contributed by atoms with E-state index in [4.69, 9.17) is 13.8 Å². The molecule has 0 aromatic carbocycles. The van der Waals surface area contributed by atoms with Crippen molar-refractivity contribution >= 4 is 19.7 Å². The summed E-state index contributed by atoms with van der Waals surface area (Å²) in [6.45, 7) is 6.91. The fraction of sp³-hybridized carbons (Fsp3) is 0.735. The van der Waals surface area contributed by atoms with E-state index in [-0.39, 0.29) is 37.9 Å². The van der Waals surface area contributed by atoms with Gasteiger partial charge in [0, 0.05) is 12.8 Å². The van der Waals surface area contributed by atoms with E-state index in [1.54, 1.807) is 0 Å². The first-order valence-corrected chi connectivity index (χ1v) is 33.6. The normalized spacial score (nSPS) is 14.3. The van der Waals surface area contributed by atoms with E-state index in [1.165, 1.54) is 141 Å². The van der Waals surface area contributed by atoms with Crippen molar-refractivity contribution < 1.29 is 37.3 Å². The molecule has 0 rings (SSSR count). The minimum absolute atomic E-state index is 0.0255. The number of rotatable bonds is 57. The van der Waals surface area contributed by atoms with Gasteiger partial charge in [-0.1, -0.05) is 247 Å². The number of carbonyl (C=O) groups excluding carboxylic acids is 2. The van der Waals surface area contributed by atoms with Gasteiger partial charge >= 0.3 is 13.8 Å². The molecule has 0 spiro atoms. The zero-order valence-electron chi connectivity index (χ0n) is 51.4. The second-order valence-electron chi connectivity index (χ2n) is 22.6. The zero-order chi connectivity index (χ0) is 57.2. The molecule has 3 atom stereocenters. The van der Waals surface area contributed by atoms with Gasteiger partial charge in [0.15, 0.2) is 0 Å². The van der Waals surface area contributed by atoms with Crippen molar-refractivity contribution in [3.63, 3.8) is 0 Å². The number of amides is 1. The summed E-state index contributed by atoms with van der Waals surface area (Å²) in [6, 6.07) is -0.884. The second kappa shape index (κ2) is 57.2. The Morgan fingerprint density at radius 1 is 0.449 bits per heavy atom. The number of nitrogens with one attached hydrogen (secondary N) is 1. The largest absolute Gasteiger partial charge is 0.472 e. The molecular weight excluding hydrogens is 988 g/mol. The van der Waals surface area contributed by atoms with Crippen LogP contribution in [0.2, 0.25) is 0 Å². The Morgan fingerprint density at radius 2 is 0.795 bits per heavy atom. The van der Waals surface area contributed by atoms with Gasteiger partial charge in [-0.2, -0.15) is 0 Å². The maximum atomic E-state index is 13.5. The monoisotopic (exact) mass is 1110 g/mol. The number of phosphoric ester groups is 1. The van der Waals surface area contributed by atoms with Crippen LogP contribution in [-0.2, 0) is 27.9 Å². The number of carbonyl (C=O) groups is 2. The Hall–Kier alpha value is -3.07. The van der Waals surface area contributed by atoms with Crippen molar-refractivity contribution in [3.8, 4) is 0 Å². The van der Waals surface area contributed by atoms with Crippen LogP contribution in [0.1, 0.15) is 271 Å². The standard InChI is InChI=1S/C68H121N2O7P/c1-7-10-13-16-19-22-25-28-30-32-33-34-35-36-37-39-41-43-46-49-52-55-58-61-68(72)77-66(59-56-53-50-47-44-27-24-21-18-15-12-9-3)65(64-76-78(73,74)75-63-62-70(4,5)6)69-67(71)60-57-54-51-48-45-42-40-38-31-29-26-23-20-17-14-11-8-2/h19-20,22-23,28-31,33-34,40,42,48,51,56,59,65-66H,7-18,21,24-27,32,35-39,41,43-47,49-50,52-55,57-58,60-64H2,1-6H3,(H-,69,71,73,74)/p+1/b22-19-,23-20-,30-28-,31-29-,34-33-,42-40-,51-48-,59-56-. The van der Waals surface area contributed by atoms with E-state index in [1.807, 2.05) is 33.3 Å². The van der Waals surface area contributed by atoms with E-state index in [0.717, 1.165) is 89.9 Å². The molecule has 0 heterocycles. The molecule has 3 unspecified atom stereocenters. The van der Waals surface area contributed by atoms with Crippen molar-refractivity contribution in [1.29, 1.82) is 0 Å². The predicted molar refractivity (Wildman–Crippen MR) is 337 cm³/mol. The lowest BCUT2D eigenvalue weighted by Gasteiger charge is -2.27. The number of allylic oxidation sites excluding steroid dienone is 15. The lowest BCUT2D eigenvalue weighted by molar-refractivity contribution is -0.870. The molecule has 0 radical (unpaired) electrons. The van der Waals surface area contributed by atoms with Crippen molar-refractivity contribution in [3.05, 3.63) is 97.2 Å². The smallest absolute Gasteiger partial charge is 0.456 e. The summed E-state index contributed by atoms with van der Waals surface area (Å²) < 4.78 is 30.7. The average molecular weight is 1110 g/mol. The van der Waals surface area contributed by atoms with E-state index < -0.39 is 20.0 Å². The van der Waals surface area contributed by atoms with Crippen molar-refractivity contribution in [1.82, 2.24) is 5.32 Å². The van der Waals surface area contributed by atoms with E-state index in [0.29, 0.717) is 17.4 Å². The van der Waals surface area contributed by atoms with Crippen LogP contribution in [0.5, 0.6) is 0 Å². The van der Waals surface area contributed by atoms with Crippen LogP contribution in [0.25, 0.3) is 0 Å². The van der Waals surface area contributed by atoms with Gasteiger partial charge in [-0.15, -0.1) is 0 Å². The highest BCUT2D eigenvalue weighted by Crippen LogP contribution is 2.43.